The van der Waals surface area contributed by atoms with Gasteiger partial charge in [-0.3, -0.25) is 10.2 Å². The number of carbonyl (C=O) groups excluding carboxylic acids is 1. The smallest absolute Gasteiger partial charge is 0.225 e. The number of likely N-dealkylation sites (tertiary alicyclic amines) is 1. The molecular weight excluding hydrogens is 292 g/mol. The first-order valence-electron chi connectivity index (χ1n) is 7.81. The summed E-state index contributed by atoms with van der Waals surface area (Å²) in [5.74, 6) is 0.585. The van der Waals surface area contributed by atoms with E-state index in [1.165, 1.54) is 6.42 Å². The van der Waals surface area contributed by atoms with Crippen LogP contribution < -0.4 is 5.73 Å². The van der Waals surface area contributed by atoms with Crippen molar-refractivity contribution in [3.05, 3.63) is 41.7 Å². The fourth-order valence-electron chi connectivity index (χ4n) is 2.80. The normalized spacial score (nSPS) is 14.7. The van der Waals surface area contributed by atoms with E-state index in [-0.39, 0.29) is 6.42 Å². The SMILES string of the molecule is N=C(c1ccc(-c2cc(CC(N)=O)on2)cc1)N1CCCCC1. The molecule has 0 spiro atoms. The Morgan fingerprint density at radius 3 is 2.57 bits per heavy atom. The Balaban J connectivity index is 1.72. The van der Waals surface area contributed by atoms with Gasteiger partial charge < -0.3 is 15.2 Å². The Labute approximate surface area is 134 Å². The number of aromatic nitrogens is 1. The van der Waals surface area contributed by atoms with Crippen LogP contribution in [0.5, 0.6) is 0 Å². The number of nitrogens with two attached hydrogens (primary N) is 1. The minimum Gasteiger partial charge on any atom is -0.369 e. The van der Waals surface area contributed by atoms with Crippen molar-refractivity contribution in [3.8, 4) is 11.3 Å². The summed E-state index contributed by atoms with van der Waals surface area (Å²) < 4.78 is 5.10. The molecule has 1 aliphatic rings. The molecule has 23 heavy (non-hydrogen) atoms. The number of carbonyl (C=O) groups is 1. The highest BCUT2D eigenvalue weighted by Crippen LogP contribution is 2.21. The number of primary amides is 1. The molecule has 1 aromatic heterocycles. The second-order valence-electron chi connectivity index (χ2n) is 5.80. The van der Waals surface area contributed by atoms with Crippen LogP contribution in [0.2, 0.25) is 0 Å². The molecule has 0 bridgehead atoms. The number of amidine groups is 1. The molecule has 0 atom stereocenters. The fraction of sp³-hybridized carbons (Fsp3) is 0.353. The lowest BCUT2D eigenvalue weighted by Gasteiger charge is -2.29. The van der Waals surface area contributed by atoms with Crippen LogP contribution in [0.25, 0.3) is 11.3 Å². The molecule has 2 aromatic rings. The Kier molecular flexibility index (Phi) is 4.41. The summed E-state index contributed by atoms with van der Waals surface area (Å²) in [7, 11) is 0. The zero-order valence-corrected chi connectivity index (χ0v) is 12.9. The van der Waals surface area contributed by atoms with Crippen molar-refractivity contribution in [1.29, 1.82) is 5.41 Å². The standard InChI is InChI=1S/C17H20N4O2/c18-16(22)11-14-10-15(20-23-14)12-4-6-13(7-5-12)17(19)21-8-2-1-3-9-21/h4-7,10,19H,1-3,8-9,11H2,(H2,18,22). The number of benzene rings is 1. The molecule has 3 rings (SSSR count). The first-order valence-corrected chi connectivity index (χ1v) is 7.81. The zero-order valence-electron chi connectivity index (χ0n) is 12.9. The van der Waals surface area contributed by atoms with E-state index in [1.807, 2.05) is 24.3 Å². The Morgan fingerprint density at radius 2 is 1.91 bits per heavy atom. The molecule has 1 fully saturated rings. The van der Waals surface area contributed by atoms with E-state index in [2.05, 4.69) is 10.1 Å². The number of piperidine rings is 1. The topological polar surface area (TPSA) is 96.2 Å². The van der Waals surface area contributed by atoms with Gasteiger partial charge in [0.2, 0.25) is 5.91 Å². The highest BCUT2D eigenvalue weighted by molar-refractivity contribution is 5.96. The zero-order chi connectivity index (χ0) is 16.2. The average molecular weight is 312 g/mol. The molecule has 1 aromatic carbocycles. The molecule has 0 saturated carbocycles. The van der Waals surface area contributed by atoms with E-state index >= 15 is 0 Å². The molecular formula is C17H20N4O2. The van der Waals surface area contributed by atoms with Crippen molar-refractivity contribution in [2.45, 2.75) is 25.7 Å². The van der Waals surface area contributed by atoms with Crippen LogP contribution in [-0.2, 0) is 11.2 Å². The number of rotatable bonds is 4. The largest absolute Gasteiger partial charge is 0.369 e. The minimum atomic E-state index is -0.446. The first-order chi connectivity index (χ1) is 11.1. The van der Waals surface area contributed by atoms with Crippen LogP contribution in [-0.4, -0.2) is 34.9 Å². The van der Waals surface area contributed by atoms with Gasteiger partial charge in [0.25, 0.3) is 0 Å². The van der Waals surface area contributed by atoms with E-state index < -0.39 is 5.91 Å². The van der Waals surface area contributed by atoms with Crippen LogP contribution in [0.15, 0.2) is 34.9 Å². The van der Waals surface area contributed by atoms with Crippen LogP contribution in [0.3, 0.4) is 0 Å². The number of hydrogen-bond acceptors (Lipinski definition) is 4. The van der Waals surface area contributed by atoms with E-state index in [9.17, 15) is 4.79 Å². The summed E-state index contributed by atoms with van der Waals surface area (Å²) in [5.41, 5.74) is 7.59. The van der Waals surface area contributed by atoms with Gasteiger partial charge in [0.15, 0.2) is 0 Å². The van der Waals surface area contributed by atoms with Crippen molar-refractivity contribution < 1.29 is 9.32 Å². The molecule has 0 radical (unpaired) electrons. The van der Waals surface area contributed by atoms with Gasteiger partial charge in [-0.1, -0.05) is 29.4 Å². The summed E-state index contributed by atoms with van der Waals surface area (Å²) in [6, 6.07) is 9.40. The number of nitrogens with one attached hydrogen (secondary N) is 1. The van der Waals surface area contributed by atoms with Crippen molar-refractivity contribution >= 4 is 11.7 Å². The van der Waals surface area contributed by atoms with E-state index in [4.69, 9.17) is 15.7 Å². The highest BCUT2D eigenvalue weighted by atomic mass is 16.5. The van der Waals surface area contributed by atoms with Gasteiger partial charge in [-0.25, -0.2) is 0 Å². The Morgan fingerprint density at radius 1 is 1.22 bits per heavy atom. The predicted molar refractivity (Wildman–Crippen MR) is 87.1 cm³/mol. The van der Waals surface area contributed by atoms with Crippen LogP contribution in [0, 0.1) is 5.41 Å². The molecule has 1 amide bonds. The van der Waals surface area contributed by atoms with Gasteiger partial charge in [-0.2, -0.15) is 0 Å². The van der Waals surface area contributed by atoms with E-state index in [0.717, 1.165) is 37.1 Å². The lowest BCUT2D eigenvalue weighted by molar-refractivity contribution is -0.117. The second kappa shape index (κ2) is 6.64. The molecule has 6 nitrogen and oxygen atoms in total. The van der Waals surface area contributed by atoms with Gasteiger partial charge >= 0.3 is 0 Å². The van der Waals surface area contributed by atoms with Crippen molar-refractivity contribution in [3.63, 3.8) is 0 Å². The van der Waals surface area contributed by atoms with Crippen molar-refractivity contribution in [2.75, 3.05) is 13.1 Å². The average Bonchev–Trinajstić information content (AvgIpc) is 3.03. The van der Waals surface area contributed by atoms with Gasteiger partial charge in [0.05, 0.1) is 6.42 Å². The van der Waals surface area contributed by atoms with Crippen LogP contribution in [0.1, 0.15) is 30.6 Å². The maximum Gasteiger partial charge on any atom is 0.225 e. The maximum absolute atomic E-state index is 10.9. The Hall–Kier alpha value is -2.63. The quantitative estimate of drug-likeness (QED) is 0.668. The first kappa shape index (κ1) is 15.3. The molecule has 1 aliphatic heterocycles. The van der Waals surface area contributed by atoms with Gasteiger partial charge in [0.1, 0.15) is 17.3 Å². The summed E-state index contributed by atoms with van der Waals surface area (Å²) in [5, 5.41) is 12.3. The molecule has 6 heteroatoms. The number of hydrogen-bond donors (Lipinski definition) is 2. The van der Waals surface area contributed by atoms with Gasteiger partial charge in [-0.15, -0.1) is 0 Å². The predicted octanol–water partition coefficient (Wildman–Crippen LogP) is 2.18. The molecule has 0 aliphatic carbocycles. The third-order valence-corrected chi connectivity index (χ3v) is 4.03. The van der Waals surface area contributed by atoms with Crippen molar-refractivity contribution in [2.24, 2.45) is 5.73 Å². The molecule has 1 saturated heterocycles. The lowest BCUT2D eigenvalue weighted by atomic mass is 10.1. The van der Waals surface area contributed by atoms with Crippen molar-refractivity contribution in [1.82, 2.24) is 10.1 Å². The summed E-state index contributed by atoms with van der Waals surface area (Å²) in [6.07, 6.45) is 3.61. The van der Waals surface area contributed by atoms with E-state index in [1.54, 1.807) is 6.07 Å². The summed E-state index contributed by atoms with van der Waals surface area (Å²) in [4.78, 5) is 13.0. The third kappa shape index (κ3) is 3.59. The summed E-state index contributed by atoms with van der Waals surface area (Å²) in [6.45, 7) is 1.92. The minimum absolute atomic E-state index is 0.0463. The molecule has 0 unspecified atom stereocenters. The number of amides is 1. The Bertz CT molecular complexity index is 700. The molecule has 2 heterocycles. The fourth-order valence-corrected chi connectivity index (χ4v) is 2.80. The van der Waals surface area contributed by atoms with Crippen LogP contribution in [0.4, 0.5) is 0 Å². The van der Waals surface area contributed by atoms with Gasteiger partial charge in [0, 0.05) is 30.3 Å². The van der Waals surface area contributed by atoms with Crippen LogP contribution >= 0.6 is 0 Å². The highest BCUT2D eigenvalue weighted by Gasteiger charge is 2.15. The van der Waals surface area contributed by atoms with Gasteiger partial charge in [-0.05, 0) is 19.3 Å². The monoisotopic (exact) mass is 312 g/mol. The molecule has 120 valence electrons. The maximum atomic E-state index is 10.9. The molecule has 3 N–H and O–H groups in total. The van der Waals surface area contributed by atoms with E-state index in [0.29, 0.717) is 17.3 Å². The summed E-state index contributed by atoms with van der Waals surface area (Å²) >= 11 is 0. The number of nitrogens with zero attached hydrogens (tertiary/aromatic N) is 2. The third-order valence-electron chi connectivity index (χ3n) is 4.03. The second-order valence-corrected chi connectivity index (χ2v) is 5.80. The lowest BCUT2D eigenvalue weighted by Crippen LogP contribution is -2.35.